The number of hydrogen-bond donors (Lipinski definition) is 1. The predicted molar refractivity (Wildman–Crippen MR) is 80.6 cm³/mol. The summed E-state index contributed by atoms with van der Waals surface area (Å²) in [4.78, 5) is 2.52. The predicted octanol–water partition coefficient (Wildman–Crippen LogP) is 4.45. The van der Waals surface area contributed by atoms with Crippen molar-refractivity contribution in [3.63, 3.8) is 0 Å². The van der Waals surface area contributed by atoms with Crippen molar-refractivity contribution in [3.8, 4) is 5.75 Å². The van der Waals surface area contributed by atoms with Crippen LogP contribution in [0.2, 0.25) is 5.02 Å². The fourth-order valence-electron chi connectivity index (χ4n) is 2.98. The summed E-state index contributed by atoms with van der Waals surface area (Å²) < 4.78 is 0. The van der Waals surface area contributed by atoms with Crippen LogP contribution in [0.3, 0.4) is 0 Å². The summed E-state index contributed by atoms with van der Waals surface area (Å²) in [6.45, 7) is 6.38. The molecule has 1 aliphatic rings. The Balaban J connectivity index is 2.12. The number of phenols is 1. The molecular formula is C16H24ClNO. The molecule has 0 spiro atoms. The van der Waals surface area contributed by atoms with Crippen molar-refractivity contribution >= 4 is 11.6 Å². The van der Waals surface area contributed by atoms with E-state index in [2.05, 4.69) is 18.7 Å². The quantitative estimate of drug-likeness (QED) is 0.862. The van der Waals surface area contributed by atoms with Gasteiger partial charge in [-0.05, 0) is 37.0 Å². The van der Waals surface area contributed by atoms with Crippen LogP contribution >= 0.6 is 11.6 Å². The van der Waals surface area contributed by atoms with Crippen molar-refractivity contribution in [2.75, 3.05) is 6.54 Å². The highest BCUT2D eigenvalue weighted by atomic mass is 35.5. The third-order valence-electron chi connectivity index (χ3n) is 3.86. The van der Waals surface area contributed by atoms with Gasteiger partial charge in [0.05, 0.1) is 0 Å². The fourth-order valence-corrected chi connectivity index (χ4v) is 3.18. The van der Waals surface area contributed by atoms with E-state index in [1.807, 2.05) is 6.07 Å². The molecule has 0 atom stereocenters. The molecule has 0 aliphatic heterocycles. The monoisotopic (exact) mass is 281 g/mol. The smallest absolute Gasteiger partial charge is 0.120 e. The third-order valence-corrected chi connectivity index (χ3v) is 4.09. The van der Waals surface area contributed by atoms with Crippen molar-refractivity contribution in [1.29, 1.82) is 0 Å². The van der Waals surface area contributed by atoms with E-state index in [1.165, 1.54) is 25.7 Å². The number of benzene rings is 1. The molecule has 0 unspecified atom stereocenters. The summed E-state index contributed by atoms with van der Waals surface area (Å²) in [6, 6.07) is 5.99. The molecule has 3 heteroatoms. The maximum atomic E-state index is 9.98. The maximum absolute atomic E-state index is 9.98. The van der Waals surface area contributed by atoms with Gasteiger partial charge in [-0.25, -0.2) is 0 Å². The molecule has 0 radical (unpaired) electrons. The maximum Gasteiger partial charge on any atom is 0.120 e. The minimum Gasteiger partial charge on any atom is -0.508 e. The first-order chi connectivity index (χ1) is 9.06. The van der Waals surface area contributed by atoms with Crippen LogP contribution in [0.4, 0.5) is 0 Å². The molecule has 0 aromatic heterocycles. The van der Waals surface area contributed by atoms with Gasteiger partial charge in [0.25, 0.3) is 0 Å². The Bertz CT molecular complexity index is 413. The molecule has 106 valence electrons. The molecule has 0 amide bonds. The van der Waals surface area contributed by atoms with Gasteiger partial charge in [0.15, 0.2) is 0 Å². The third kappa shape index (κ3) is 4.12. The Morgan fingerprint density at radius 1 is 1.32 bits per heavy atom. The molecule has 1 aromatic rings. The molecule has 0 saturated heterocycles. The molecule has 1 fully saturated rings. The number of rotatable bonds is 5. The average molecular weight is 282 g/mol. The van der Waals surface area contributed by atoms with Gasteiger partial charge < -0.3 is 5.11 Å². The molecule has 1 aliphatic carbocycles. The van der Waals surface area contributed by atoms with Crippen molar-refractivity contribution in [2.24, 2.45) is 5.92 Å². The van der Waals surface area contributed by atoms with E-state index in [-0.39, 0.29) is 0 Å². The Kier molecular flexibility index (Phi) is 5.12. The Morgan fingerprint density at radius 3 is 2.63 bits per heavy atom. The largest absolute Gasteiger partial charge is 0.508 e. The molecule has 2 rings (SSSR count). The number of hydrogen-bond acceptors (Lipinski definition) is 2. The van der Waals surface area contributed by atoms with Gasteiger partial charge >= 0.3 is 0 Å². The van der Waals surface area contributed by atoms with Gasteiger partial charge in [-0.15, -0.1) is 0 Å². The van der Waals surface area contributed by atoms with Gasteiger partial charge in [-0.2, -0.15) is 0 Å². The summed E-state index contributed by atoms with van der Waals surface area (Å²) in [5.74, 6) is 0.998. The van der Waals surface area contributed by atoms with Crippen LogP contribution < -0.4 is 0 Å². The Morgan fingerprint density at radius 2 is 2.00 bits per heavy atom. The van der Waals surface area contributed by atoms with E-state index in [1.54, 1.807) is 12.1 Å². The molecule has 2 nitrogen and oxygen atoms in total. The summed E-state index contributed by atoms with van der Waals surface area (Å²) in [5, 5.41) is 10.7. The minimum atomic E-state index is 0.358. The lowest BCUT2D eigenvalue weighted by Crippen LogP contribution is -2.35. The summed E-state index contributed by atoms with van der Waals surface area (Å²) in [5.41, 5.74) is 0.944. The Labute approximate surface area is 121 Å². The van der Waals surface area contributed by atoms with E-state index < -0.39 is 0 Å². The van der Waals surface area contributed by atoms with Crippen molar-refractivity contribution in [2.45, 2.75) is 52.1 Å². The first-order valence-corrected chi connectivity index (χ1v) is 7.65. The second-order valence-corrected chi connectivity index (χ2v) is 6.47. The lowest BCUT2D eigenvalue weighted by atomic mass is 10.1. The lowest BCUT2D eigenvalue weighted by molar-refractivity contribution is 0.167. The van der Waals surface area contributed by atoms with Crippen LogP contribution in [-0.4, -0.2) is 22.6 Å². The standard InChI is InChI=1S/C16H24ClNO/c1-12(2)10-18(15-5-3-4-6-15)11-13-9-14(17)7-8-16(13)19/h7-9,12,15,19H,3-6,10-11H2,1-2H3. The lowest BCUT2D eigenvalue weighted by Gasteiger charge is -2.30. The second kappa shape index (κ2) is 6.62. The van der Waals surface area contributed by atoms with E-state index in [9.17, 15) is 5.11 Å². The van der Waals surface area contributed by atoms with Crippen LogP contribution in [0, 0.1) is 5.92 Å². The van der Waals surface area contributed by atoms with Crippen LogP contribution in [0.5, 0.6) is 5.75 Å². The summed E-state index contributed by atoms with van der Waals surface area (Å²) in [6.07, 6.45) is 5.24. The van der Waals surface area contributed by atoms with Gasteiger partial charge in [0, 0.05) is 29.7 Å². The van der Waals surface area contributed by atoms with Gasteiger partial charge in [0.1, 0.15) is 5.75 Å². The summed E-state index contributed by atoms with van der Waals surface area (Å²) in [7, 11) is 0. The topological polar surface area (TPSA) is 23.5 Å². The van der Waals surface area contributed by atoms with Crippen LogP contribution in [0.1, 0.15) is 45.1 Å². The van der Waals surface area contributed by atoms with Crippen LogP contribution in [-0.2, 0) is 6.54 Å². The highest BCUT2D eigenvalue weighted by Crippen LogP contribution is 2.29. The number of nitrogens with zero attached hydrogens (tertiary/aromatic N) is 1. The SMILES string of the molecule is CC(C)CN(Cc1cc(Cl)ccc1O)C1CCCC1. The zero-order valence-electron chi connectivity index (χ0n) is 11.9. The highest BCUT2D eigenvalue weighted by Gasteiger charge is 2.23. The van der Waals surface area contributed by atoms with Crippen molar-refractivity contribution in [1.82, 2.24) is 4.90 Å². The molecule has 19 heavy (non-hydrogen) atoms. The van der Waals surface area contributed by atoms with Gasteiger partial charge in [0.2, 0.25) is 0 Å². The van der Waals surface area contributed by atoms with Crippen molar-refractivity contribution < 1.29 is 5.11 Å². The molecule has 0 heterocycles. The molecule has 1 N–H and O–H groups in total. The number of halogens is 1. The highest BCUT2D eigenvalue weighted by molar-refractivity contribution is 6.30. The van der Waals surface area contributed by atoms with E-state index in [0.717, 1.165) is 18.7 Å². The number of phenolic OH excluding ortho intramolecular Hbond substituents is 1. The molecular weight excluding hydrogens is 258 g/mol. The summed E-state index contributed by atoms with van der Waals surface area (Å²) >= 11 is 6.04. The molecule has 0 bridgehead atoms. The van der Waals surface area contributed by atoms with E-state index >= 15 is 0 Å². The van der Waals surface area contributed by atoms with Crippen LogP contribution in [0.25, 0.3) is 0 Å². The molecule has 1 saturated carbocycles. The second-order valence-electron chi connectivity index (χ2n) is 6.03. The average Bonchev–Trinajstić information content (AvgIpc) is 2.86. The van der Waals surface area contributed by atoms with Gasteiger partial charge in [-0.1, -0.05) is 38.3 Å². The fraction of sp³-hybridized carbons (Fsp3) is 0.625. The number of aromatic hydroxyl groups is 1. The van der Waals surface area contributed by atoms with Gasteiger partial charge in [-0.3, -0.25) is 4.90 Å². The van der Waals surface area contributed by atoms with Crippen LogP contribution in [0.15, 0.2) is 18.2 Å². The zero-order valence-corrected chi connectivity index (χ0v) is 12.7. The minimum absolute atomic E-state index is 0.358. The first kappa shape index (κ1) is 14.7. The van der Waals surface area contributed by atoms with E-state index in [0.29, 0.717) is 22.7 Å². The van der Waals surface area contributed by atoms with E-state index in [4.69, 9.17) is 11.6 Å². The zero-order chi connectivity index (χ0) is 13.8. The normalized spacial score (nSPS) is 16.7. The Hall–Kier alpha value is -0.730. The van der Waals surface area contributed by atoms with Crippen molar-refractivity contribution in [3.05, 3.63) is 28.8 Å². The first-order valence-electron chi connectivity index (χ1n) is 7.27. The molecule has 1 aromatic carbocycles.